The molecule has 68 valence electrons. The fraction of sp³-hybridized carbons (Fsp3) is 0.400. The third-order valence-electron chi connectivity index (χ3n) is 2.47. The lowest BCUT2D eigenvalue weighted by atomic mass is 10.0. The van der Waals surface area contributed by atoms with Gasteiger partial charge >= 0.3 is 0 Å². The minimum Gasteiger partial charge on any atom is -0.454 e. The van der Waals surface area contributed by atoms with Crippen LogP contribution in [0.5, 0.6) is 11.5 Å². The molecule has 0 saturated carbocycles. The molecule has 1 atom stereocenters. The number of benzene rings is 1. The Balaban J connectivity index is 1.95. The maximum absolute atomic E-state index is 5.38. The Morgan fingerprint density at radius 3 is 2.77 bits per heavy atom. The van der Waals surface area contributed by atoms with Crippen molar-refractivity contribution in [2.24, 2.45) is 0 Å². The van der Waals surface area contributed by atoms with E-state index in [-0.39, 0.29) is 6.10 Å². The van der Waals surface area contributed by atoms with E-state index in [0.717, 1.165) is 24.5 Å². The van der Waals surface area contributed by atoms with Crippen molar-refractivity contribution >= 4 is 0 Å². The first-order valence-electron chi connectivity index (χ1n) is 4.44. The molecule has 0 radical (unpaired) electrons. The SMILES string of the molecule is c1cc2c(cc1C1CCO1)OCO2. The molecule has 1 fully saturated rings. The minimum atomic E-state index is 0.273. The molecule has 2 aliphatic heterocycles. The van der Waals surface area contributed by atoms with Crippen molar-refractivity contribution in [2.45, 2.75) is 12.5 Å². The largest absolute Gasteiger partial charge is 0.454 e. The van der Waals surface area contributed by atoms with Crippen LogP contribution in [0.1, 0.15) is 18.1 Å². The molecule has 1 unspecified atom stereocenters. The Bertz CT molecular complexity index is 331. The zero-order chi connectivity index (χ0) is 8.67. The number of rotatable bonds is 1. The van der Waals surface area contributed by atoms with Gasteiger partial charge in [0.05, 0.1) is 12.7 Å². The summed E-state index contributed by atoms with van der Waals surface area (Å²) in [5.74, 6) is 1.68. The van der Waals surface area contributed by atoms with Gasteiger partial charge in [-0.25, -0.2) is 0 Å². The highest BCUT2D eigenvalue weighted by Crippen LogP contribution is 2.37. The molecule has 0 aliphatic carbocycles. The zero-order valence-corrected chi connectivity index (χ0v) is 7.16. The van der Waals surface area contributed by atoms with Crippen LogP contribution in [-0.2, 0) is 4.74 Å². The van der Waals surface area contributed by atoms with E-state index >= 15 is 0 Å². The first-order valence-corrected chi connectivity index (χ1v) is 4.44. The average molecular weight is 178 g/mol. The quantitative estimate of drug-likeness (QED) is 0.657. The summed E-state index contributed by atoms with van der Waals surface area (Å²) in [6, 6.07) is 5.99. The summed E-state index contributed by atoms with van der Waals surface area (Å²) in [5.41, 5.74) is 1.19. The van der Waals surface area contributed by atoms with Crippen LogP contribution >= 0.6 is 0 Å². The van der Waals surface area contributed by atoms with Crippen LogP contribution in [0.2, 0.25) is 0 Å². The lowest BCUT2D eigenvalue weighted by molar-refractivity contribution is -0.0527. The summed E-state index contributed by atoms with van der Waals surface area (Å²) in [6.45, 7) is 1.21. The summed E-state index contributed by atoms with van der Waals surface area (Å²) in [6.07, 6.45) is 1.38. The molecule has 0 N–H and O–H groups in total. The topological polar surface area (TPSA) is 27.7 Å². The predicted octanol–water partition coefficient (Wildman–Crippen LogP) is 1.88. The lowest BCUT2D eigenvalue weighted by Gasteiger charge is -2.26. The molecule has 3 nitrogen and oxygen atoms in total. The van der Waals surface area contributed by atoms with Gasteiger partial charge < -0.3 is 14.2 Å². The molecule has 1 aromatic rings. The van der Waals surface area contributed by atoms with Crippen molar-refractivity contribution in [1.82, 2.24) is 0 Å². The fourth-order valence-electron chi connectivity index (χ4n) is 1.61. The summed E-state index contributed by atoms with van der Waals surface area (Å²) >= 11 is 0. The Labute approximate surface area is 76.2 Å². The summed E-state index contributed by atoms with van der Waals surface area (Å²) in [4.78, 5) is 0. The molecule has 0 spiro atoms. The smallest absolute Gasteiger partial charge is 0.231 e. The molecule has 13 heavy (non-hydrogen) atoms. The molecule has 3 heteroatoms. The van der Waals surface area contributed by atoms with E-state index < -0.39 is 0 Å². The lowest BCUT2D eigenvalue weighted by Crippen LogP contribution is -2.17. The number of hydrogen-bond donors (Lipinski definition) is 0. The second-order valence-corrected chi connectivity index (χ2v) is 3.26. The van der Waals surface area contributed by atoms with Gasteiger partial charge in [0, 0.05) is 6.42 Å². The number of hydrogen-bond acceptors (Lipinski definition) is 3. The van der Waals surface area contributed by atoms with E-state index in [1.165, 1.54) is 5.56 Å². The first kappa shape index (κ1) is 7.21. The van der Waals surface area contributed by atoms with Gasteiger partial charge in [-0.1, -0.05) is 6.07 Å². The molecule has 2 aliphatic rings. The second-order valence-electron chi connectivity index (χ2n) is 3.26. The molecule has 0 amide bonds. The van der Waals surface area contributed by atoms with E-state index in [2.05, 4.69) is 0 Å². The van der Waals surface area contributed by atoms with Crippen LogP contribution in [-0.4, -0.2) is 13.4 Å². The van der Waals surface area contributed by atoms with Crippen LogP contribution in [0.25, 0.3) is 0 Å². The van der Waals surface area contributed by atoms with Crippen LogP contribution in [0.15, 0.2) is 18.2 Å². The van der Waals surface area contributed by atoms with Crippen LogP contribution in [0, 0.1) is 0 Å². The highest BCUT2D eigenvalue weighted by molar-refractivity contribution is 5.45. The van der Waals surface area contributed by atoms with Gasteiger partial charge in [-0.2, -0.15) is 0 Å². The maximum atomic E-state index is 5.38. The molecule has 1 aromatic carbocycles. The fourth-order valence-corrected chi connectivity index (χ4v) is 1.61. The van der Waals surface area contributed by atoms with Gasteiger partial charge in [-0.3, -0.25) is 0 Å². The Morgan fingerprint density at radius 2 is 2.00 bits per heavy atom. The van der Waals surface area contributed by atoms with Gasteiger partial charge in [-0.15, -0.1) is 0 Å². The summed E-state index contributed by atoms with van der Waals surface area (Å²) in [5, 5.41) is 0. The minimum absolute atomic E-state index is 0.273. The third kappa shape index (κ3) is 1.08. The van der Waals surface area contributed by atoms with Crippen LogP contribution < -0.4 is 9.47 Å². The predicted molar refractivity (Wildman–Crippen MR) is 45.9 cm³/mol. The van der Waals surface area contributed by atoms with Gasteiger partial charge in [0.1, 0.15) is 0 Å². The van der Waals surface area contributed by atoms with Crippen LogP contribution in [0.3, 0.4) is 0 Å². The zero-order valence-electron chi connectivity index (χ0n) is 7.16. The van der Waals surface area contributed by atoms with Crippen molar-refractivity contribution < 1.29 is 14.2 Å². The normalized spacial score (nSPS) is 24.2. The molecular formula is C10H10O3. The van der Waals surface area contributed by atoms with E-state index in [9.17, 15) is 0 Å². The van der Waals surface area contributed by atoms with Gasteiger partial charge in [0.2, 0.25) is 6.79 Å². The van der Waals surface area contributed by atoms with Crippen molar-refractivity contribution in [2.75, 3.05) is 13.4 Å². The Hall–Kier alpha value is -1.22. The van der Waals surface area contributed by atoms with Gasteiger partial charge in [-0.05, 0) is 17.7 Å². The molecular weight excluding hydrogens is 168 g/mol. The van der Waals surface area contributed by atoms with Crippen molar-refractivity contribution in [1.29, 1.82) is 0 Å². The Kier molecular flexibility index (Phi) is 1.46. The summed E-state index contributed by atoms with van der Waals surface area (Å²) < 4.78 is 15.9. The van der Waals surface area contributed by atoms with E-state index in [1.54, 1.807) is 0 Å². The van der Waals surface area contributed by atoms with Crippen molar-refractivity contribution in [3.8, 4) is 11.5 Å². The molecule has 3 rings (SSSR count). The van der Waals surface area contributed by atoms with Gasteiger partial charge in [0.15, 0.2) is 11.5 Å². The average Bonchev–Trinajstić information content (AvgIpc) is 2.47. The van der Waals surface area contributed by atoms with Crippen LogP contribution in [0.4, 0.5) is 0 Å². The third-order valence-corrected chi connectivity index (χ3v) is 2.47. The van der Waals surface area contributed by atoms with E-state index in [4.69, 9.17) is 14.2 Å². The summed E-state index contributed by atoms with van der Waals surface area (Å²) in [7, 11) is 0. The van der Waals surface area contributed by atoms with E-state index in [0.29, 0.717) is 6.79 Å². The molecule has 1 saturated heterocycles. The van der Waals surface area contributed by atoms with E-state index in [1.807, 2.05) is 18.2 Å². The second kappa shape index (κ2) is 2.64. The monoisotopic (exact) mass is 178 g/mol. The van der Waals surface area contributed by atoms with Crippen molar-refractivity contribution in [3.63, 3.8) is 0 Å². The van der Waals surface area contributed by atoms with Gasteiger partial charge in [0.25, 0.3) is 0 Å². The highest BCUT2D eigenvalue weighted by atomic mass is 16.7. The molecule has 0 aromatic heterocycles. The highest BCUT2D eigenvalue weighted by Gasteiger charge is 2.22. The maximum Gasteiger partial charge on any atom is 0.231 e. The number of ether oxygens (including phenoxy) is 3. The molecule has 0 bridgehead atoms. The first-order chi connectivity index (χ1) is 6.43. The standard InChI is InChI=1S/C10H10O3/c1-2-9-10(13-6-12-9)5-7(1)8-3-4-11-8/h1-2,5,8H,3-4,6H2. The molecule has 2 heterocycles. The van der Waals surface area contributed by atoms with Crippen molar-refractivity contribution in [3.05, 3.63) is 23.8 Å². The Morgan fingerprint density at radius 1 is 1.15 bits per heavy atom. The number of fused-ring (bicyclic) bond motifs is 1.